The Balaban J connectivity index is 1.93. The summed E-state index contributed by atoms with van der Waals surface area (Å²) in [5.41, 5.74) is 1.17. The van der Waals surface area contributed by atoms with Crippen LogP contribution in [0, 0.1) is 0 Å². The Morgan fingerprint density at radius 2 is 2.24 bits per heavy atom. The van der Waals surface area contributed by atoms with Gasteiger partial charge in [-0.15, -0.1) is 0 Å². The van der Waals surface area contributed by atoms with Crippen LogP contribution in [0.5, 0.6) is 5.75 Å². The summed E-state index contributed by atoms with van der Waals surface area (Å²) in [6.45, 7) is 5.71. The second kappa shape index (κ2) is 7.48. The first-order valence-corrected chi connectivity index (χ1v) is 7.61. The number of nitrogens with one attached hydrogen (secondary N) is 1. The molecule has 0 aliphatic rings. The van der Waals surface area contributed by atoms with Gasteiger partial charge >= 0.3 is 0 Å². The Labute approximate surface area is 131 Å². The number of halogens is 1. The van der Waals surface area contributed by atoms with Gasteiger partial charge in [0, 0.05) is 31.9 Å². The number of rotatable bonds is 7. The van der Waals surface area contributed by atoms with Gasteiger partial charge in [0.15, 0.2) is 0 Å². The molecule has 1 aromatic heterocycles. The smallest absolute Gasteiger partial charge is 0.137 e. The molecule has 0 saturated carbocycles. The van der Waals surface area contributed by atoms with Gasteiger partial charge in [0.2, 0.25) is 0 Å². The monoisotopic (exact) mass is 307 g/mol. The molecule has 0 saturated heterocycles. The number of hydrogen-bond donors (Lipinski definition) is 1. The first-order chi connectivity index (χ1) is 10.1. The Kier molecular flexibility index (Phi) is 5.65. The van der Waals surface area contributed by atoms with Gasteiger partial charge in [-0.25, -0.2) is 4.98 Å². The number of aryl methyl sites for hydroxylation is 1. The van der Waals surface area contributed by atoms with Crippen LogP contribution in [0.15, 0.2) is 30.6 Å². The van der Waals surface area contributed by atoms with Crippen LogP contribution < -0.4 is 10.1 Å². The van der Waals surface area contributed by atoms with E-state index in [9.17, 15) is 0 Å². The topological polar surface area (TPSA) is 39.1 Å². The molecule has 0 aliphatic carbocycles. The molecule has 2 aromatic rings. The van der Waals surface area contributed by atoms with Crippen molar-refractivity contribution in [2.75, 3.05) is 13.2 Å². The maximum absolute atomic E-state index is 6.29. The number of nitrogens with zero attached hydrogens (tertiary/aromatic N) is 2. The molecule has 0 amide bonds. The van der Waals surface area contributed by atoms with Crippen molar-refractivity contribution in [2.45, 2.75) is 26.3 Å². The van der Waals surface area contributed by atoms with Crippen LogP contribution in [0.2, 0.25) is 5.02 Å². The zero-order chi connectivity index (χ0) is 15.2. The van der Waals surface area contributed by atoms with Gasteiger partial charge in [-0.3, -0.25) is 0 Å². The fourth-order valence-corrected chi connectivity index (χ4v) is 2.46. The molecule has 1 unspecified atom stereocenters. The third kappa shape index (κ3) is 4.22. The number of imidazole rings is 1. The second-order valence-corrected chi connectivity index (χ2v) is 5.43. The summed E-state index contributed by atoms with van der Waals surface area (Å²) < 4.78 is 7.75. The van der Waals surface area contributed by atoms with Crippen molar-refractivity contribution in [3.05, 3.63) is 47.0 Å². The molecule has 5 heteroatoms. The molecule has 1 aromatic carbocycles. The fourth-order valence-electron chi connectivity index (χ4n) is 2.22. The predicted molar refractivity (Wildman–Crippen MR) is 86.0 cm³/mol. The SMILES string of the molecule is CCNC(C)c1ccc(OCCc2nccn2C)c(Cl)c1. The van der Waals surface area contributed by atoms with E-state index >= 15 is 0 Å². The average Bonchev–Trinajstić information content (AvgIpc) is 2.86. The summed E-state index contributed by atoms with van der Waals surface area (Å²) in [7, 11) is 1.98. The van der Waals surface area contributed by atoms with Gasteiger partial charge in [-0.05, 0) is 31.2 Å². The summed E-state index contributed by atoms with van der Waals surface area (Å²) in [5, 5.41) is 4.02. The number of aromatic nitrogens is 2. The summed E-state index contributed by atoms with van der Waals surface area (Å²) in [5.74, 6) is 1.72. The van der Waals surface area contributed by atoms with E-state index in [0.717, 1.165) is 24.5 Å². The molecule has 0 fully saturated rings. The molecule has 4 nitrogen and oxygen atoms in total. The van der Waals surface area contributed by atoms with E-state index in [0.29, 0.717) is 11.6 Å². The summed E-state index contributed by atoms with van der Waals surface area (Å²) >= 11 is 6.29. The largest absolute Gasteiger partial charge is 0.492 e. The molecule has 1 N–H and O–H groups in total. The molecule has 2 rings (SSSR count). The van der Waals surface area contributed by atoms with Gasteiger partial charge < -0.3 is 14.6 Å². The van der Waals surface area contributed by atoms with Gasteiger partial charge in [0.25, 0.3) is 0 Å². The standard InChI is InChI=1S/C16H22ClN3O/c1-4-18-12(2)13-5-6-15(14(17)11-13)21-10-7-16-19-8-9-20(16)3/h5-6,8-9,11-12,18H,4,7,10H2,1-3H3. The number of ether oxygens (including phenoxy) is 1. The Morgan fingerprint density at radius 3 is 2.86 bits per heavy atom. The van der Waals surface area contributed by atoms with E-state index in [1.54, 1.807) is 6.20 Å². The zero-order valence-corrected chi connectivity index (χ0v) is 13.5. The van der Waals surface area contributed by atoms with Crippen LogP contribution in [-0.2, 0) is 13.5 Å². The molecular weight excluding hydrogens is 286 g/mol. The van der Waals surface area contributed by atoms with Crippen molar-refractivity contribution >= 4 is 11.6 Å². The fraction of sp³-hybridized carbons (Fsp3) is 0.438. The molecule has 0 bridgehead atoms. The highest BCUT2D eigenvalue weighted by atomic mass is 35.5. The highest BCUT2D eigenvalue weighted by Crippen LogP contribution is 2.28. The van der Waals surface area contributed by atoms with Crippen molar-refractivity contribution in [1.29, 1.82) is 0 Å². The van der Waals surface area contributed by atoms with E-state index in [1.165, 1.54) is 5.56 Å². The summed E-state index contributed by atoms with van der Waals surface area (Å²) in [6, 6.07) is 6.23. The maximum atomic E-state index is 6.29. The van der Waals surface area contributed by atoms with Crippen molar-refractivity contribution < 1.29 is 4.74 Å². The molecular formula is C16H22ClN3O. The Morgan fingerprint density at radius 1 is 1.43 bits per heavy atom. The molecule has 114 valence electrons. The van der Waals surface area contributed by atoms with Crippen molar-refractivity contribution in [2.24, 2.45) is 7.05 Å². The van der Waals surface area contributed by atoms with E-state index in [1.807, 2.05) is 29.9 Å². The zero-order valence-electron chi connectivity index (χ0n) is 12.8. The lowest BCUT2D eigenvalue weighted by molar-refractivity contribution is 0.317. The predicted octanol–water partition coefficient (Wildman–Crippen LogP) is 3.37. The van der Waals surface area contributed by atoms with Crippen LogP contribution in [0.3, 0.4) is 0 Å². The third-order valence-corrected chi connectivity index (χ3v) is 3.77. The van der Waals surface area contributed by atoms with Gasteiger partial charge in [0.05, 0.1) is 11.6 Å². The summed E-state index contributed by atoms with van der Waals surface area (Å²) in [6.07, 6.45) is 4.48. The van der Waals surface area contributed by atoms with Crippen molar-refractivity contribution in [3.8, 4) is 5.75 Å². The maximum Gasteiger partial charge on any atom is 0.137 e. The Bertz CT molecular complexity index is 583. The molecule has 0 spiro atoms. The lowest BCUT2D eigenvalue weighted by Crippen LogP contribution is -2.17. The van der Waals surface area contributed by atoms with Gasteiger partial charge in [0.1, 0.15) is 11.6 Å². The second-order valence-electron chi connectivity index (χ2n) is 5.02. The molecule has 21 heavy (non-hydrogen) atoms. The minimum absolute atomic E-state index is 0.286. The number of benzene rings is 1. The minimum atomic E-state index is 0.286. The quantitative estimate of drug-likeness (QED) is 0.852. The van der Waals surface area contributed by atoms with Crippen LogP contribution in [0.1, 0.15) is 31.3 Å². The highest BCUT2D eigenvalue weighted by Gasteiger charge is 2.08. The van der Waals surface area contributed by atoms with E-state index in [2.05, 4.69) is 30.2 Å². The van der Waals surface area contributed by atoms with Crippen LogP contribution >= 0.6 is 11.6 Å². The third-order valence-electron chi connectivity index (χ3n) is 3.47. The van der Waals surface area contributed by atoms with E-state index in [4.69, 9.17) is 16.3 Å². The average molecular weight is 308 g/mol. The minimum Gasteiger partial charge on any atom is -0.492 e. The van der Waals surface area contributed by atoms with Gasteiger partial charge in [-0.2, -0.15) is 0 Å². The lowest BCUT2D eigenvalue weighted by Gasteiger charge is -2.15. The van der Waals surface area contributed by atoms with Gasteiger partial charge in [-0.1, -0.05) is 24.6 Å². The lowest BCUT2D eigenvalue weighted by atomic mass is 10.1. The van der Waals surface area contributed by atoms with E-state index in [-0.39, 0.29) is 6.04 Å². The highest BCUT2D eigenvalue weighted by molar-refractivity contribution is 6.32. The van der Waals surface area contributed by atoms with E-state index < -0.39 is 0 Å². The first kappa shape index (κ1) is 15.9. The first-order valence-electron chi connectivity index (χ1n) is 7.23. The van der Waals surface area contributed by atoms with Crippen LogP contribution in [0.4, 0.5) is 0 Å². The number of hydrogen-bond acceptors (Lipinski definition) is 3. The molecule has 1 atom stereocenters. The van der Waals surface area contributed by atoms with Crippen molar-refractivity contribution in [3.63, 3.8) is 0 Å². The normalized spacial score (nSPS) is 12.4. The Hall–Kier alpha value is -1.52. The van der Waals surface area contributed by atoms with Crippen molar-refractivity contribution in [1.82, 2.24) is 14.9 Å². The summed E-state index contributed by atoms with van der Waals surface area (Å²) in [4.78, 5) is 4.27. The van der Waals surface area contributed by atoms with Crippen LogP contribution in [0.25, 0.3) is 0 Å². The molecule has 0 radical (unpaired) electrons. The molecule has 0 aliphatic heterocycles. The molecule has 1 heterocycles. The van der Waals surface area contributed by atoms with Crippen LogP contribution in [-0.4, -0.2) is 22.7 Å².